The Hall–Kier alpha value is -2.52. The van der Waals surface area contributed by atoms with Crippen LogP contribution in [0.15, 0.2) is 39.1 Å². The molecule has 3 aliphatic rings. The molecule has 0 bridgehead atoms. The van der Waals surface area contributed by atoms with Crippen molar-refractivity contribution >= 4 is 27.5 Å². The van der Waals surface area contributed by atoms with E-state index in [2.05, 4.69) is 61.4 Å². The van der Waals surface area contributed by atoms with Crippen molar-refractivity contribution in [2.45, 2.75) is 79.6 Å². The van der Waals surface area contributed by atoms with Crippen molar-refractivity contribution in [3.8, 4) is 23.8 Å². The molecule has 198 valence electrons. The first-order valence-electron chi connectivity index (χ1n) is 13.3. The smallest absolute Gasteiger partial charge is 0.176 e. The van der Waals surface area contributed by atoms with Crippen LogP contribution in [-0.4, -0.2) is 36.2 Å². The van der Waals surface area contributed by atoms with Gasteiger partial charge >= 0.3 is 0 Å². The van der Waals surface area contributed by atoms with Crippen molar-refractivity contribution in [3.05, 3.63) is 44.7 Å². The van der Waals surface area contributed by atoms with Gasteiger partial charge in [-0.25, -0.2) is 0 Å². The van der Waals surface area contributed by atoms with E-state index in [0.29, 0.717) is 35.4 Å². The number of benzene rings is 1. The lowest BCUT2D eigenvalue weighted by atomic mass is 9.63. The third-order valence-corrected chi connectivity index (χ3v) is 8.02. The average Bonchev–Trinajstić information content (AvgIpc) is 2.78. The van der Waals surface area contributed by atoms with Crippen LogP contribution in [0.4, 0.5) is 0 Å². The molecule has 1 aromatic carbocycles. The maximum absolute atomic E-state index is 13.9. The first-order valence-corrected chi connectivity index (χ1v) is 14.0. The number of carbonyl (C=O) groups excluding carboxylic acids is 2. The van der Waals surface area contributed by atoms with Crippen molar-refractivity contribution in [2.75, 3.05) is 19.8 Å². The van der Waals surface area contributed by atoms with Crippen molar-refractivity contribution < 1.29 is 19.1 Å². The fourth-order valence-electron chi connectivity index (χ4n) is 6.15. The Bertz CT molecular complexity index is 1180. The lowest BCUT2D eigenvalue weighted by molar-refractivity contribution is -0.119. The van der Waals surface area contributed by atoms with Gasteiger partial charge in [0.05, 0.1) is 11.1 Å². The zero-order valence-electron chi connectivity index (χ0n) is 22.9. The third kappa shape index (κ3) is 5.25. The summed E-state index contributed by atoms with van der Waals surface area (Å²) in [5, 5.41) is 0. The second-order valence-corrected chi connectivity index (χ2v) is 12.8. The SMILES string of the molecule is C#CCOc1c(Br)cc(C2C3=C(CC(C)(C)CC3=O)N(CCC)C3=C2C(=O)CC(C)(C)C3)cc1OCC. The van der Waals surface area contributed by atoms with Gasteiger partial charge in [0, 0.05) is 47.8 Å². The highest BCUT2D eigenvalue weighted by atomic mass is 79.9. The van der Waals surface area contributed by atoms with Gasteiger partial charge in [-0.05, 0) is 70.6 Å². The number of nitrogens with zero attached hydrogens (tertiary/aromatic N) is 1. The van der Waals surface area contributed by atoms with Crippen molar-refractivity contribution in [2.24, 2.45) is 10.8 Å². The third-order valence-electron chi connectivity index (χ3n) is 7.43. The summed E-state index contributed by atoms with van der Waals surface area (Å²) < 4.78 is 12.4. The molecule has 0 fully saturated rings. The highest BCUT2D eigenvalue weighted by Crippen LogP contribution is 2.55. The lowest BCUT2D eigenvalue weighted by Gasteiger charge is -2.49. The highest BCUT2D eigenvalue weighted by Gasteiger charge is 2.49. The molecule has 0 spiro atoms. The predicted octanol–water partition coefficient (Wildman–Crippen LogP) is 6.96. The molecular weight excluding hydrogens is 530 g/mol. The molecular formula is C31H38BrNO4. The minimum Gasteiger partial charge on any atom is -0.490 e. The average molecular weight is 569 g/mol. The molecule has 6 heteroatoms. The normalized spacial score (nSPS) is 21.0. The van der Waals surface area contributed by atoms with Gasteiger partial charge in [-0.1, -0.05) is 40.5 Å². The lowest BCUT2D eigenvalue weighted by Crippen LogP contribution is -2.44. The molecule has 0 radical (unpaired) electrons. The molecule has 0 unspecified atom stereocenters. The van der Waals surface area contributed by atoms with Gasteiger partial charge in [0.15, 0.2) is 23.1 Å². The van der Waals surface area contributed by atoms with Gasteiger partial charge in [-0.2, -0.15) is 0 Å². The molecule has 1 aromatic rings. The van der Waals surface area contributed by atoms with E-state index in [-0.39, 0.29) is 29.0 Å². The van der Waals surface area contributed by atoms with Crippen molar-refractivity contribution in [3.63, 3.8) is 0 Å². The fourth-order valence-corrected chi connectivity index (χ4v) is 6.72. The molecule has 37 heavy (non-hydrogen) atoms. The number of ketones is 2. The number of Topliss-reactive ketones (excluding diaryl/α,β-unsaturated/α-hetero) is 2. The zero-order valence-corrected chi connectivity index (χ0v) is 24.5. The Labute approximate surface area is 229 Å². The number of allylic oxidation sites excluding steroid dienone is 4. The number of hydrogen-bond acceptors (Lipinski definition) is 5. The number of terminal acetylenes is 1. The predicted molar refractivity (Wildman–Crippen MR) is 149 cm³/mol. The molecule has 0 saturated heterocycles. The zero-order chi connectivity index (χ0) is 27.1. The molecule has 0 amide bonds. The second kappa shape index (κ2) is 10.3. The van der Waals surface area contributed by atoms with Crippen molar-refractivity contribution in [1.29, 1.82) is 0 Å². The van der Waals surface area contributed by atoms with Gasteiger partial charge in [-0.3, -0.25) is 9.59 Å². The van der Waals surface area contributed by atoms with E-state index in [1.165, 1.54) is 0 Å². The van der Waals surface area contributed by atoms with Crippen LogP contribution in [0.5, 0.6) is 11.5 Å². The largest absolute Gasteiger partial charge is 0.490 e. The highest BCUT2D eigenvalue weighted by molar-refractivity contribution is 9.10. The molecule has 1 heterocycles. The maximum atomic E-state index is 13.9. The van der Waals surface area contributed by atoms with Crippen LogP contribution in [-0.2, 0) is 9.59 Å². The molecule has 0 saturated carbocycles. The molecule has 0 aromatic heterocycles. The number of halogens is 1. The van der Waals surface area contributed by atoms with Gasteiger partial charge < -0.3 is 14.4 Å². The van der Waals surface area contributed by atoms with Crippen LogP contribution >= 0.6 is 15.9 Å². The summed E-state index contributed by atoms with van der Waals surface area (Å²) in [5.74, 6) is 3.41. The minimum atomic E-state index is -0.428. The van der Waals surface area contributed by atoms with E-state index in [9.17, 15) is 9.59 Å². The van der Waals surface area contributed by atoms with Gasteiger partial charge in [0.1, 0.15) is 6.61 Å². The van der Waals surface area contributed by atoms with Crippen LogP contribution in [0.2, 0.25) is 0 Å². The first-order chi connectivity index (χ1) is 17.4. The van der Waals surface area contributed by atoms with E-state index in [1.807, 2.05) is 19.1 Å². The molecule has 2 aliphatic carbocycles. The summed E-state index contributed by atoms with van der Waals surface area (Å²) >= 11 is 3.66. The minimum absolute atomic E-state index is 0.110. The summed E-state index contributed by atoms with van der Waals surface area (Å²) in [6.07, 6.45) is 8.91. The fraction of sp³-hybridized carbons (Fsp3) is 0.548. The summed E-state index contributed by atoms with van der Waals surface area (Å²) in [6.45, 7) is 14.1. The molecule has 1 aliphatic heterocycles. The Kier molecular flexibility index (Phi) is 7.68. The number of carbonyl (C=O) groups is 2. The maximum Gasteiger partial charge on any atom is 0.176 e. The number of rotatable bonds is 7. The monoisotopic (exact) mass is 567 g/mol. The summed E-state index contributed by atoms with van der Waals surface area (Å²) in [6, 6.07) is 3.89. The standard InChI is InChI=1S/C31H38BrNO4/c1-8-11-33-21-15-30(4,5)17-23(34)27(21)26(28-22(33)16-31(6,7)18-24(28)35)19-13-20(32)29(37-12-9-2)25(14-19)36-10-3/h2,13-14,26H,8,10-12,15-18H2,1,3-7H3. The van der Waals surface area contributed by atoms with Gasteiger partial charge in [0.2, 0.25) is 0 Å². The second-order valence-electron chi connectivity index (χ2n) is 11.9. The Morgan fingerprint density at radius 2 is 1.54 bits per heavy atom. The molecule has 0 atom stereocenters. The van der Waals surface area contributed by atoms with Gasteiger partial charge in [-0.15, -0.1) is 6.42 Å². The first kappa shape index (κ1) is 27.5. The summed E-state index contributed by atoms with van der Waals surface area (Å²) in [4.78, 5) is 30.1. The van der Waals surface area contributed by atoms with E-state index in [1.54, 1.807) is 0 Å². The number of hydrogen-bond donors (Lipinski definition) is 0. The van der Waals surface area contributed by atoms with Crippen molar-refractivity contribution in [1.82, 2.24) is 4.90 Å². The van der Waals surface area contributed by atoms with Crippen LogP contribution in [0.1, 0.15) is 85.1 Å². The van der Waals surface area contributed by atoms with Crippen LogP contribution in [0.3, 0.4) is 0 Å². The summed E-state index contributed by atoms with van der Waals surface area (Å²) in [7, 11) is 0. The van der Waals surface area contributed by atoms with Crippen LogP contribution < -0.4 is 9.47 Å². The van der Waals surface area contributed by atoms with E-state index in [4.69, 9.17) is 15.9 Å². The Morgan fingerprint density at radius 3 is 2.03 bits per heavy atom. The van der Waals surface area contributed by atoms with Crippen LogP contribution in [0, 0.1) is 23.2 Å². The Balaban J connectivity index is 1.99. The van der Waals surface area contributed by atoms with E-state index < -0.39 is 5.92 Å². The molecule has 5 nitrogen and oxygen atoms in total. The van der Waals surface area contributed by atoms with Gasteiger partial charge in [0.25, 0.3) is 0 Å². The van der Waals surface area contributed by atoms with E-state index in [0.717, 1.165) is 53.9 Å². The van der Waals surface area contributed by atoms with E-state index >= 15 is 0 Å². The Morgan fingerprint density at radius 1 is 0.973 bits per heavy atom. The van der Waals surface area contributed by atoms with Crippen LogP contribution in [0.25, 0.3) is 0 Å². The quantitative estimate of drug-likeness (QED) is 0.333. The number of ether oxygens (including phenoxy) is 2. The molecule has 0 N–H and O–H groups in total. The topological polar surface area (TPSA) is 55.8 Å². The molecule has 4 rings (SSSR count). The summed E-state index contributed by atoms with van der Waals surface area (Å²) in [5.41, 5.74) is 4.29.